The summed E-state index contributed by atoms with van der Waals surface area (Å²) in [6.45, 7) is 62.8. The molecule has 15 aromatic carbocycles. The molecule has 23 heteroatoms. The van der Waals surface area contributed by atoms with E-state index in [1.54, 1.807) is 0 Å². The lowest BCUT2D eigenvalue weighted by Gasteiger charge is -2.24. The van der Waals surface area contributed by atoms with Gasteiger partial charge in [0, 0.05) is 82.7 Å². The zero-order valence-corrected chi connectivity index (χ0v) is 93.3. The molecule has 0 fully saturated rings. The van der Waals surface area contributed by atoms with Crippen LogP contribution in [0.4, 0.5) is 0 Å². The second-order valence-corrected chi connectivity index (χ2v) is 69.7. The molecule has 0 saturated carbocycles. The molecule has 6 aromatic heterocycles. The van der Waals surface area contributed by atoms with Crippen molar-refractivity contribution in [3.05, 3.63) is 258 Å². The Bertz CT molecular complexity index is 8360. The maximum atomic E-state index is 5.26. The molecule has 0 aliphatic carbocycles. The average molecular weight is 1960 g/mol. The molecule has 720 valence electrons. The van der Waals surface area contributed by atoms with Crippen LogP contribution in [-0.4, -0.2) is 130 Å². The van der Waals surface area contributed by atoms with Crippen molar-refractivity contribution in [3.63, 3.8) is 0 Å². The van der Waals surface area contributed by atoms with Crippen LogP contribution in [-0.2, 0) is 25.7 Å². The van der Waals surface area contributed by atoms with Gasteiger partial charge < -0.3 is 0 Å². The Morgan fingerprint density at radius 1 is 0.203 bits per heavy atom. The van der Waals surface area contributed by atoms with E-state index in [1.807, 2.05) is 0 Å². The van der Waals surface area contributed by atoms with Crippen LogP contribution in [0.15, 0.2) is 206 Å². The quantitative estimate of drug-likeness (QED) is 0.0453. The molecule has 0 aliphatic heterocycles. The zero-order chi connectivity index (χ0) is 101. The van der Waals surface area contributed by atoms with Crippen molar-refractivity contribution < 1.29 is 0 Å². The van der Waals surface area contributed by atoms with Crippen LogP contribution >= 0.6 is 0 Å². The first kappa shape index (κ1) is 98.3. The molecule has 21 rings (SSSR count). The van der Waals surface area contributed by atoms with Gasteiger partial charge in [-0.2, -0.15) is 0 Å². The Hall–Kier alpha value is -13.4. The minimum Gasteiger partial charge on any atom is -0.229 e. The molecule has 0 atom stereocenters. The van der Waals surface area contributed by atoms with E-state index in [2.05, 4.69) is 404 Å². The summed E-state index contributed by atoms with van der Waals surface area (Å²) in [5.41, 5.74) is 18.6. The normalized spacial score (nSPS) is 12.6. The Balaban J connectivity index is 0.000000137. The summed E-state index contributed by atoms with van der Waals surface area (Å²) in [7, 11) is -9.10. The third-order valence-corrected chi connectivity index (χ3v) is 35.7. The van der Waals surface area contributed by atoms with Crippen LogP contribution in [0.25, 0.3) is 199 Å². The van der Waals surface area contributed by atoms with E-state index in [-0.39, 0.29) is 23.7 Å². The fraction of sp³-hybridized carbons (Fsp3) is 0.300. The van der Waals surface area contributed by atoms with Crippen molar-refractivity contribution >= 4 is 164 Å². The summed E-state index contributed by atoms with van der Waals surface area (Å²) in [4.78, 5) is 90.1. The molecule has 0 bridgehead atoms. The summed E-state index contributed by atoms with van der Waals surface area (Å²) in [6, 6.07) is 75.6. The van der Waals surface area contributed by atoms with E-state index >= 15 is 0 Å². The highest BCUT2D eigenvalue weighted by Crippen LogP contribution is 2.51. The Kier molecular flexibility index (Phi) is 26.2. The fourth-order valence-electron chi connectivity index (χ4n) is 19.6. The molecule has 0 spiro atoms. The highest BCUT2D eigenvalue weighted by Gasteiger charge is 2.35. The second kappa shape index (κ2) is 38.0. The van der Waals surface area contributed by atoms with Crippen LogP contribution in [0.5, 0.6) is 0 Å². The molecular weight excluding hydrogens is 1830 g/mol. The van der Waals surface area contributed by atoms with Gasteiger partial charge in [-0.1, -0.05) is 350 Å². The summed E-state index contributed by atoms with van der Waals surface area (Å²) in [5.74, 6) is 11.9. The number of nitrogens with zero attached hydrogens (tertiary/aromatic N) is 18. The maximum Gasteiger partial charge on any atom is 0.163 e. The first-order valence-electron chi connectivity index (χ1n) is 51.1. The number of aromatic nitrogens is 18. The smallest absolute Gasteiger partial charge is 0.163 e. The van der Waals surface area contributed by atoms with Crippen molar-refractivity contribution in [2.45, 2.75) is 238 Å². The number of rotatable bonds is 22. The van der Waals surface area contributed by atoms with Gasteiger partial charge in [-0.15, -0.1) is 0 Å². The molecule has 0 N–H and O–H groups in total. The van der Waals surface area contributed by atoms with Gasteiger partial charge >= 0.3 is 0 Å². The van der Waals surface area contributed by atoms with Crippen LogP contribution in [0, 0.1) is 6.92 Å². The molecule has 0 radical (unpaired) electrons. The fourth-order valence-corrected chi connectivity index (χ4v) is 25.0. The van der Waals surface area contributed by atoms with Gasteiger partial charge in [0.1, 0.15) is 101 Å². The lowest BCUT2D eigenvalue weighted by Crippen LogP contribution is -2.52. The molecular formula is C120H130N18Si5. The minimum atomic E-state index is -1.84. The van der Waals surface area contributed by atoms with Crippen molar-refractivity contribution in [3.8, 4) is 102 Å². The number of hydrogen-bond acceptors (Lipinski definition) is 18. The minimum absolute atomic E-state index is 0.175. The molecule has 0 aliphatic rings. The number of aryl methyl sites for hydroxylation is 5. The standard InChI is InChI=1S/C46H44N6.C41H50N6Si4.C33H36N6Si/c1-25(2)41-47-42(26(3)4)50-45(49-41)36-19-18-30-24-38(32-17-13-12-16-31(32)29-14-10-9-11-15-29)35-22-23-37(34-21-20-33(36)39(30)40(34)35)46-51-43(27(5)6)48-44(52-46)28(7)8;1-25-16-14-15-17-27(25)32-24-33-31(37-44-40(50(8,9)10)47-41(45-37)51(11,12)13)21-19-26-18-20-28-30(23-22-29(32)35(28)34(26)33)36-42-38(48(2,3)4)46-39(43-36)49(5,6)7;1-8-26-34-27(9-2)37-32(36-26)22-14-12-19-13-15-23-25(40(5,6)7)18-24(21-17-16-20(22)30(19)31(21)23)33-38-28(10-3)35-29(11-4)39-33/h9-28H,1-8H3;14-24H,1-13H3;12-18H,8-11H2,1-7H3. The molecule has 143 heavy (non-hydrogen) atoms. The van der Waals surface area contributed by atoms with Crippen LogP contribution in [0.1, 0.15) is 159 Å². The summed E-state index contributed by atoms with van der Waals surface area (Å²) in [5, 5.41) is 23.0. The highest BCUT2D eigenvalue weighted by atomic mass is 28.3. The largest absolute Gasteiger partial charge is 0.229 e. The SMILES string of the molecule is CC(C)c1nc(-c2ccc3cc(-c4ccccc4-c4ccccc4)c4ccc(-c5nc(C(C)C)nc(C(C)C)n5)c5ccc2c3c54)nc(C(C)C)n1.CCc1nc(CC)nc(-c2ccc3ccc4c([Si](C)(C)C)cc(-c5nc(CC)nc(CC)n5)c5ccc2c3c54)n1.Cc1ccccc1-c1cc2c(-c3nc([Si](C)(C)C)nc([Si](C)(C)C)n3)ccc3ccc4c(-c5nc([Si](C)(C)C)nc([Si](C)(C)C)n5)ccc1c4c32. The Labute approximate surface area is 845 Å². The van der Waals surface area contributed by atoms with E-state index in [9.17, 15) is 0 Å². The summed E-state index contributed by atoms with van der Waals surface area (Å²) in [6.07, 6.45) is 3.12. The third-order valence-electron chi connectivity index (χ3n) is 27.4. The molecule has 21 aromatic rings. The van der Waals surface area contributed by atoms with Crippen molar-refractivity contribution in [2.24, 2.45) is 0 Å². The first-order valence-corrected chi connectivity index (χ1v) is 68.6. The topological polar surface area (TPSA) is 232 Å². The number of benzene rings is 15. The Morgan fingerprint density at radius 2 is 0.490 bits per heavy atom. The van der Waals surface area contributed by atoms with E-state index in [4.69, 9.17) is 79.7 Å². The van der Waals surface area contributed by atoms with E-state index in [0.29, 0.717) is 5.82 Å². The van der Waals surface area contributed by atoms with Crippen LogP contribution < -0.4 is 27.0 Å². The lowest BCUT2D eigenvalue weighted by molar-refractivity contribution is 0.697. The Morgan fingerprint density at radius 3 is 0.888 bits per heavy atom. The monoisotopic (exact) mass is 1960 g/mol. The van der Waals surface area contributed by atoms with Gasteiger partial charge in [-0.3, -0.25) is 0 Å². The number of hydrogen-bond donors (Lipinski definition) is 0. The van der Waals surface area contributed by atoms with E-state index < -0.39 is 40.4 Å². The third kappa shape index (κ3) is 18.7. The van der Waals surface area contributed by atoms with Gasteiger partial charge in [0.2, 0.25) is 0 Å². The second-order valence-electron chi connectivity index (χ2n) is 44.9. The lowest BCUT2D eigenvalue weighted by atomic mass is 9.84. The average Bonchev–Trinajstić information content (AvgIpc) is 0.719. The summed E-state index contributed by atoms with van der Waals surface area (Å²) < 4.78 is 0. The van der Waals surface area contributed by atoms with Crippen LogP contribution in [0.3, 0.4) is 0 Å². The molecule has 0 saturated heterocycles. The molecule has 0 amide bonds. The van der Waals surface area contributed by atoms with Crippen LogP contribution in [0.2, 0.25) is 98.2 Å². The highest BCUT2D eigenvalue weighted by molar-refractivity contribution is 6.91. The first-order chi connectivity index (χ1) is 68.0. The van der Waals surface area contributed by atoms with E-state index in [1.165, 1.54) is 114 Å². The van der Waals surface area contributed by atoms with Crippen molar-refractivity contribution in [1.82, 2.24) is 89.7 Å². The van der Waals surface area contributed by atoms with Gasteiger partial charge in [0.05, 0.1) is 8.07 Å². The summed E-state index contributed by atoms with van der Waals surface area (Å²) >= 11 is 0. The zero-order valence-electron chi connectivity index (χ0n) is 88.3. The van der Waals surface area contributed by atoms with E-state index in [0.717, 1.165) is 184 Å². The molecule has 6 heterocycles. The molecule has 0 unspecified atom stereocenters. The maximum absolute atomic E-state index is 5.26. The van der Waals surface area contributed by atoms with Crippen molar-refractivity contribution in [1.29, 1.82) is 0 Å². The van der Waals surface area contributed by atoms with Gasteiger partial charge in [0.15, 0.2) is 34.9 Å². The van der Waals surface area contributed by atoms with Gasteiger partial charge in [0.25, 0.3) is 0 Å². The predicted octanol–water partition coefficient (Wildman–Crippen LogP) is 27.6. The van der Waals surface area contributed by atoms with Crippen molar-refractivity contribution in [2.75, 3.05) is 0 Å². The predicted molar refractivity (Wildman–Crippen MR) is 613 cm³/mol. The van der Waals surface area contributed by atoms with Gasteiger partial charge in [-0.05, 0) is 185 Å². The molecule has 18 nitrogen and oxygen atoms in total. The van der Waals surface area contributed by atoms with Gasteiger partial charge in [-0.25, -0.2) is 89.7 Å².